The molecule has 0 spiro atoms. The summed E-state index contributed by atoms with van der Waals surface area (Å²) in [6, 6.07) is 0. The number of hydrogen-bond acceptors (Lipinski definition) is 3. The number of carbonyl (C=O) groups excluding carboxylic acids is 1. The van der Waals surface area contributed by atoms with Crippen LogP contribution in [0.4, 0.5) is 0 Å². The minimum atomic E-state index is 0.276. The standard InChI is InChI=1S/C13H25N3O/c1-3-13(5-4-6-13)14-11-12(17)16-9-7-15(2)8-10-16/h14H,3-11H2,1-2H3. The van der Waals surface area contributed by atoms with E-state index >= 15 is 0 Å². The van der Waals surface area contributed by atoms with Crippen molar-refractivity contribution >= 4 is 5.91 Å². The lowest BCUT2D eigenvalue weighted by Gasteiger charge is -2.43. The minimum Gasteiger partial charge on any atom is -0.339 e. The highest BCUT2D eigenvalue weighted by molar-refractivity contribution is 5.78. The molecule has 17 heavy (non-hydrogen) atoms. The van der Waals surface area contributed by atoms with E-state index in [2.05, 4.69) is 24.2 Å². The number of nitrogens with zero attached hydrogens (tertiary/aromatic N) is 2. The van der Waals surface area contributed by atoms with Crippen LogP contribution in [0.15, 0.2) is 0 Å². The number of nitrogens with one attached hydrogen (secondary N) is 1. The summed E-state index contributed by atoms with van der Waals surface area (Å²) in [5.74, 6) is 0.276. The van der Waals surface area contributed by atoms with Crippen LogP contribution in [0.1, 0.15) is 32.6 Å². The summed E-state index contributed by atoms with van der Waals surface area (Å²) in [4.78, 5) is 16.3. The average Bonchev–Trinajstić information content (AvgIpc) is 2.29. The predicted molar refractivity (Wildman–Crippen MR) is 69.0 cm³/mol. The maximum absolute atomic E-state index is 12.1. The maximum atomic E-state index is 12.1. The average molecular weight is 239 g/mol. The summed E-state index contributed by atoms with van der Waals surface area (Å²) < 4.78 is 0. The van der Waals surface area contributed by atoms with Crippen LogP contribution in [0, 0.1) is 0 Å². The van der Waals surface area contributed by atoms with E-state index in [1.165, 1.54) is 19.3 Å². The zero-order chi connectivity index (χ0) is 12.3. The van der Waals surface area contributed by atoms with E-state index in [1.807, 2.05) is 4.90 Å². The second-order valence-electron chi connectivity index (χ2n) is 5.53. The Morgan fingerprint density at radius 3 is 2.35 bits per heavy atom. The van der Waals surface area contributed by atoms with Crippen molar-refractivity contribution in [3.05, 3.63) is 0 Å². The molecule has 0 atom stereocenters. The summed E-state index contributed by atoms with van der Waals surface area (Å²) in [7, 11) is 2.11. The molecule has 0 bridgehead atoms. The van der Waals surface area contributed by atoms with Crippen LogP contribution in [0.3, 0.4) is 0 Å². The van der Waals surface area contributed by atoms with Gasteiger partial charge >= 0.3 is 0 Å². The first-order chi connectivity index (χ1) is 8.15. The van der Waals surface area contributed by atoms with Gasteiger partial charge in [-0.3, -0.25) is 4.79 Å². The molecular weight excluding hydrogens is 214 g/mol. The third-order valence-electron chi connectivity index (χ3n) is 4.46. The zero-order valence-corrected chi connectivity index (χ0v) is 11.2. The molecule has 4 nitrogen and oxygen atoms in total. The monoisotopic (exact) mass is 239 g/mol. The Morgan fingerprint density at radius 2 is 1.88 bits per heavy atom. The SMILES string of the molecule is CCC1(NCC(=O)N2CCN(C)CC2)CCC1. The van der Waals surface area contributed by atoms with Crippen molar-refractivity contribution in [2.75, 3.05) is 39.8 Å². The third-order valence-corrected chi connectivity index (χ3v) is 4.46. The summed E-state index contributed by atoms with van der Waals surface area (Å²) in [6.45, 7) is 6.52. The Kier molecular flexibility index (Phi) is 4.05. The van der Waals surface area contributed by atoms with Gasteiger partial charge in [0.25, 0.3) is 0 Å². The van der Waals surface area contributed by atoms with E-state index in [1.54, 1.807) is 0 Å². The lowest BCUT2D eigenvalue weighted by atomic mass is 9.75. The Morgan fingerprint density at radius 1 is 1.24 bits per heavy atom. The first kappa shape index (κ1) is 12.8. The molecule has 1 aliphatic carbocycles. The first-order valence-electron chi connectivity index (χ1n) is 6.86. The fraction of sp³-hybridized carbons (Fsp3) is 0.923. The van der Waals surface area contributed by atoms with Crippen LogP contribution in [0.25, 0.3) is 0 Å². The molecule has 1 amide bonds. The summed E-state index contributed by atoms with van der Waals surface area (Å²) in [5, 5.41) is 3.49. The molecule has 2 aliphatic rings. The Bertz CT molecular complexity index is 262. The van der Waals surface area contributed by atoms with Crippen molar-refractivity contribution in [2.24, 2.45) is 0 Å². The summed E-state index contributed by atoms with van der Waals surface area (Å²) in [5.41, 5.74) is 0.280. The van der Waals surface area contributed by atoms with Crippen LogP contribution < -0.4 is 5.32 Å². The van der Waals surface area contributed by atoms with Gasteiger partial charge in [-0.25, -0.2) is 0 Å². The molecule has 1 saturated heterocycles. The molecule has 0 aromatic rings. The largest absolute Gasteiger partial charge is 0.339 e. The fourth-order valence-corrected chi connectivity index (χ4v) is 2.69. The Hall–Kier alpha value is -0.610. The second kappa shape index (κ2) is 5.36. The molecular formula is C13H25N3O. The molecule has 0 aromatic carbocycles. The van der Waals surface area contributed by atoms with Gasteiger partial charge < -0.3 is 15.1 Å². The first-order valence-corrected chi connectivity index (χ1v) is 6.86. The van der Waals surface area contributed by atoms with Crippen molar-refractivity contribution in [1.82, 2.24) is 15.1 Å². The molecule has 1 saturated carbocycles. The fourth-order valence-electron chi connectivity index (χ4n) is 2.69. The van der Waals surface area contributed by atoms with Gasteiger partial charge in [-0.15, -0.1) is 0 Å². The van der Waals surface area contributed by atoms with Crippen molar-refractivity contribution < 1.29 is 4.79 Å². The highest BCUT2D eigenvalue weighted by Gasteiger charge is 2.35. The summed E-state index contributed by atoms with van der Waals surface area (Å²) in [6.07, 6.45) is 4.92. The van der Waals surface area contributed by atoms with Gasteiger partial charge in [0, 0.05) is 31.7 Å². The van der Waals surface area contributed by atoms with E-state index in [0.717, 1.165) is 32.6 Å². The lowest BCUT2D eigenvalue weighted by molar-refractivity contribution is -0.132. The normalized spacial score (nSPS) is 24.5. The van der Waals surface area contributed by atoms with Crippen molar-refractivity contribution in [3.8, 4) is 0 Å². The highest BCUT2D eigenvalue weighted by atomic mass is 16.2. The molecule has 1 N–H and O–H groups in total. The molecule has 0 aromatic heterocycles. The predicted octanol–water partition coefficient (Wildman–Crippen LogP) is 0.683. The zero-order valence-electron chi connectivity index (χ0n) is 11.2. The van der Waals surface area contributed by atoms with E-state index in [4.69, 9.17) is 0 Å². The number of likely N-dealkylation sites (N-methyl/N-ethyl adjacent to an activating group) is 1. The topological polar surface area (TPSA) is 35.6 Å². The Balaban J connectivity index is 1.73. The minimum absolute atomic E-state index is 0.276. The van der Waals surface area contributed by atoms with Crippen LogP contribution in [0.2, 0.25) is 0 Å². The van der Waals surface area contributed by atoms with Crippen molar-refractivity contribution in [3.63, 3.8) is 0 Å². The maximum Gasteiger partial charge on any atom is 0.236 e. The molecule has 1 heterocycles. The van der Waals surface area contributed by atoms with Gasteiger partial charge in [0.2, 0.25) is 5.91 Å². The van der Waals surface area contributed by atoms with E-state index < -0.39 is 0 Å². The smallest absolute Gasteiger partial charge is 0.236 e. The van der Waals surface area contributed by atoms with Gasteiger partial charge in [-0.1, -0.05) is 6.92 Å². The highest BCUT2D eigenvalue weighted by Crippen LogP contribution is 2.34. The number of rotatable bonds is 4. The van der Waals surface area contributed by atoms with Crippen LogP contribution in [0.5, 0.6) is 0 Å². The molecule has 0 unspecified atom stereocenters. The van der Waals surface area contributed by atoms with Gasteiger partial charge in [0.1, 0.15) is 0 Å². The quantitative estimate of drug-likeness (QED) is 0.784. The van der Waals surface area contributed by atoms with Crippen molar-refractivity contribution in [1.29, 1.82) is 0 Å². The number of amides is 1. The van der Waals surface area contributed by atoms with Gasteiger partial charge in [0.05, 0.1) is 6.54 Å². The summed E-state index contributed by atoms with van der Waals surface area (Å²) >= 11 is 0. The molecule has 2 fully saturated rings. The molecule has 4 heteroatoms. The molecule has 0 radical (unpaired) electrons. The number of piperazine rings is 1. The third kappa shape index (κ3) is 2.99. The van der Waals surface area contributed by atoms with Crippen LogP contribution in [-0.4, -0.2) is 61.0 Å². The molecule has 2 rings (SSSR count). The van der Waals surface area contributed by atoms with Crippen LogP contribution in [-0.2, 0) is 4.79 Å². The number of hydrogen-bond donors (Lipinski definition) is 1. The van der Waals surface area contributed by atoms with Crippen LogP contribution >= 0.6 is 0 Å². The van der Waals surface area contributed by atoms with E-state index in [0.29, 0.717) is 6.54 Å². The molecule has 1 aliphatic heterocycles. The Labute approximate surface area is 104 Å². The van der Waals surface area contributed by atoms with Gasteiger partial charge in [-0.2, -0.15) is 0 Å². The number of carbonyl (C=O) groups is 1. The molecule has 98 valence electrons. The van der Waals surface area contributed by atoms with E-state index in [-0.39, 0.29) is 11.4 Å². The van der Waals surface area contributed by atoms with E-state index in [9.17, 15) is 4.79 Å². The lowest BCUT2D eigenvalue weighted by Crippen LogP contribution is -2.55. The van der Waals surface area contributed by atoms with Gasteiger partial charge in [0.15, 0.2) is 0 Å². The van der Waals surface area contributed by atoms with Gasteiger partial charge in [-0.05, 0) is 32.7 Å². The second-order valence-corrected chi connectivity index (χ2v) is 5.53. The van der Waals surface area contributed by atoms with Crippen molar-refractivity contribution in [2.45, 2.75) is 38.1 Å².